The maximum atomic E-state index is 10.3. The van der Waals surface area contributed by atoms with Crippen molar-refractivity contribution in [1.29, 1.82) is 0 Å². The normalized spacial score (nSPS) is 13.4. The zero-order chi connectivity index (χ0) is 7.56. The van der Waals surface area contributed by atoms with Crippen molar-refractivity contribution >= 4 is 22.4 Å². The molecule has 3 nitrogen and oxygen atoms in total. The van der Waals surface area contributed by atoms with Gasteiger partial charge in [-0.25, -0.2) is 0 Å². The molecule has 1 aromatic heterocycles. The lowest BCUT2D eigenvalue weighted by atomic mass is 10.5. The molecule has 5 heteroatoms. The van der Waals surface area contributed by atoms with Gasteiger partial charge >= 0.3 is 0 Å². The van der Waals surface area contributed by atoms with Crippen LogP contribution in [0.5, 0.6) is 0 Å². The number of hydrogen-bond donors (Lipinski definition) is 1. The number of rotatable bonds is 2. The van der Waals surface area contributed by atoms with Gasteiger partial charge in [0.1, 0.15) is 0 Å². The Morgan fingerprint density at radius 3 is 2.70 bits per heavy atom. The third-order valence-corrected chi connectivity index (χ3v) is 3.03. The molecular formula is C5H6NO2S2-. The summed E-state index contributed by atoms with van der Waals surface area (Å²) >= 11 is -0.893. The molecule has 1 aromatic rings. The minimum Gasteiger partial charge on any atom is -0.768 e. The van der Waals surface area contributed by atoms with Gasteiger partial charge in [0, 0.05) is 11.4 Å². The largest absolute Gasteiger partial charge is 0.768 e. The van der Waals surface area contributed by atoms with Gasteiger partial charge in [0.2, 0.25) is 0 Å². The molecule has 0 aromatic carbocycles. The van der Waals surface area contributed by atoms with Crippen LogP contribution in [-0.4, -0.2) is 8.76 Å². The fourth-order valence-electron chi connectivity index (χ4n) is 0.558. The predicted octanol–water partition coefficient (Wildman–Crippen LogP) is 0.445. The van der Waals surface area contributed by atoms with Gasteiger partial charge in [-0.2, -0.15) is 0 Å². The van der Waals surface area contributed by atoms with Gasteiger partial charge in [0.15, 0.2) is 0 Å². The topological polar surface area (TPSA) is 66.2 Å². The van der Waals surface area contributed by atoms with Crippen molar-refractivity contribution in [2.45, 2.75) is 10.8 Å². The molecule has 0 bridgehead atoms. The Morgan fingerprint density at radius 2 is 2.40 bits per heavy atom. The first-order chi connectivity index (χ1) is 4.74. The highest BCUT2D eigenvalue weighted by Crippen LogP contribution is 2.17. The van der Waals surface area contributed by atoms with E-state index in [9.17, 15) is 8.76 Å². The van der Waals surface area contributed by atoms with E-state index >= 15 is 0 Å². The number of hydrogen-bond acceptors (Lipinski definition) is 4. The van der Waals surface area contributed by atoms with Crippen LogP contribution in [0.3, 0.4) is 0 Å². The van der Waals surface area contributed by atoms with Crippen LogP contribution in [0, 0.1) is 0 Å². The monoisotopic (exact) mass is 176 g/mol. The second kappa shape index (κ2) is 3.25. The van der Waals surface area contributed by atoms with Gasteiger partial charge in [-0.15, -0.1) is 11.3 Å². The van der Waals surface area contributed by atoms with Crippen LogP contribution in [0.15, 0.2) is 16.3 Å². The Morgan fingerprint density at radius 1 is 1.70 bits per heavy atom. The van der Waals surface area contributed by atoms with Gasteiger partial charge in [0.05, 0.1) is 4.21 Å². The van der Waals surface area contributed by atoms with E-state index in [1.165, 1.54) is 11.3 Å². The summed E-state index contributed by atoms with van der Waals surface area (Å²) in [6.07, 6.45) is 0. The zero-order valence-corrected chi connectivity index (χ0v) is 6.71. The molecule has 0 fully saturated rings. The van der Waals surface area contributed by atoms with Gasteiger partial charge in [0.25, 0.3) is 0 Å². The molecule has 2 N–H and O–H groups in total. The predicted molar refractivity (Wildman–Crippen MR) is 39.4 cm³/mol. The highest BCUT2D eigenvalue weighted by Gasteiger charge is 1.96. The first kappa shape index (κ1) is 7.87. The molecular weight excluding hydrogens is 170 g/mol. The molecule has 10 heavy (non-hydrogen) atoms. The Hall–Kier alpha value is -0.230. The number of thiophene rings is 1. The van der Waals surface area contributed by atoms with Gasteiger partial charge in [-0.3, -0.25) is 4.21 Å². The van der Waals surface area contributed by atoms with Crippen molar-refractivity contribution in [2.75, 3.05) is 0 Å². The van der Waals surface area contributed by atoms with Crippen molar-refractivity contribution in [3.8, 4) is 0 Å². The molecule has 0 saturated carbocycles. The van der Waals surface area contributed by atoms with E-state index < -0.39 is 11.1 Å². The highest BCUT2D eigenvalue weighted by molar-refractivity contribution is 7.81. The lowest BCUT2D eigenvalue weighted by Gasteiger charge is -1.97. The molecule has 1 atom stereocenters. The molecule has 1 rings (SSSR count). The van der Waals surface area contributed by atoms with E-state index in [1.54, 1.807) is 12.1 Å². The van der Waals surface area contributed by atoms with Crippen LogP contribution >= 0.6 is 11.3 Å². The first-order valence-corrected chi connectivity index (χ1v) is 4.51. The fourth-order valence-corrected chi connectivity index (χ4v) is 1.94. The van der Waals surface area contributed by atoms with E-state index in [2.05, 4.69) is 0 Å². The molecule has 0 aliphatic carbocycles. The summed E-state index contributed by atoms with van der Waals surface area (Å²) in [6, 6.07) is 3.27. The Balaban J connectivity index is 2.88. The van der Waals surface area contributed by atoms with Crippen molar-refractivity contribution in [2.24, 2.45) is 5.73 Å². The van der Waals surface area contributed by atoms with Gasteiger partial charge in [-0.05, 0) is 23.2 Å². The molecule has 1 heterocycles. The SMILES string of the molecule is NCc1ccc(S(=O)[O-])s1. The Bertz CT molecular complexity index is 246. The summed E-state index contributed by atoms with van der Waals surface area (Å²) < 4.78 is 20.9. The summed E-state index contributed by atoms with van der Waals surface area (Å²) in [5, 5.41) is 0. The average molecular weight is 176 g/mol. The molecule has 0 saturated heterocycles. The molecule has 0 amide bonds. The van der Waals surface area contributed by atoms with Crippen LogP contribution in [0.25, 0.3) is 0 Å². The lowest BCUT2D eigenvalue weighted by Crippen LogP contribution is -1.91. The smallest absolute Gasteiger partial charge is 0.0775 e. The van der Waals surface area contributed by atoms with E-state index in [0.29, 0.717) is 10.8 Å². The van der Waals surface area contributed by atoms with Crippen LogP contribution in [-0.2, 0) is 17.6 Å². The van der Waals surface area contributed by atoms with E-state index in [1.807, 2.05) is 0 Å². The van der Waals surface area contributed by atoms with Crippen molar-refractivity contribution in [3.63, 3.8) is 0 Å². The standard InChI is InChI=1S/C5H7NO2S2/c6-3-4-1-2-5(9-4)10(7)8/h1-2H,3,6H2,(H,7,8)/p-1. The Kier molecular flexibility index (Phi) is 2.56. The van der Waals surface area contributed by atoms with Crippen molar-refractivity contribution < 1.29 is 8.76 Å². The third-order valence-electron chi connectivity index (χ3n) is 1.00. The second-order valence-electron chi connectivity index (χ2n) is 1.66. The van der Waals surface area contributed by atoms with Crippen molar-refractivity contribution in [3.05, 3.63) is 17.0 Å². The summed E-state index contributed by atoms with van der Waals surface area (Å²) in [6.45, 7) is 0.405. The molecule has 0 aliphatic rings. The minimum atomic E-state index is -2.10. The van der Waals surface area contributed by atoms with E-state index in [0.717, 1.165) is 4.88 Å². The Labute approximate surface area is 65.2 Å². The van der Waals surface area contributed by atoms with Gasteiger partial charge < -0.3 is 10.3 Å². The highest BCUT2D eigenvalue weighted by atomic mass is 32.2. The zero-order valence-electron chi connectivity index (χ0n) is 5.07. The molecule has 0 radical (unpaired) electrons. The van der Waals surface area contributed by atoms with E-state index in [-0.39, 0.29) is 0 Å². The molecule has 56 valence electrons. The average Bonchev–Trinajstić information content (AvgIpc) is 2.34. The van der Waals surface area contributed by atoms with Gasteiger partial charge in [-0.1, -0.05) is 0 Å². The summed E-state index contributed by atoms with van der Waals surface area (Å²) in [5.41, 5.74) is 5.27. The van der Waals surface area contributed by atoms with Crippen LogP contribution in [0.4, 0.5) is 0 Å². The molecule has 0 aliphatic heterocycles. The first-order valence-electron chi connectivity index (χ1n) is 2.62. The van der Waals surface area contributed by atoms with E-state index in [4.69, 9.17) is 5.73 Å². The maximum absolute atomic E-state index is 10.3. The lowest BCUT2D eigenvalue weighted by molar-refractivity contribution is 0.539. The summed E-state index contributed by atoms with van der Waals surface area (Å²) in [5.74, 6) is 0. The van der Waals surface area contributed by atoms with Crippen LogP contribution in [0.1, 0.15) is 4.88 Å². The number of nitrogens with two attached hydrogens (primary N) is 1. The van der Waals surface area contributed by atoms with Crippen LogP contribution in [0.2, 0.25) is 0 Å². The molecule has 0 spiro atoms. The third kappa shape index (κ3) is 1.63. The molecule has 1 unspecified atom stereocenters. The van der Waals surface area contributed by atoms with Crippen LogP contribution < -0.4 is 5.73 Å². The van der Waals surface area contributed by atoms with Crippen molar-refractivity contribution in [1.82, 2.24) is 0 Å². The summed E-state index contributed by atoms with van der Waals surface area (Å²) in [7, 11) is 0. The maximum Gasteiger partial charge on any atom is 0.0775 e. The second-order valence-corrected chi connectivity index (χ2v) is 4.00. The minimum absolute atomic E-state index is 0.348. The fraction of sp³-hybridized carbons (Fsp3) is 0.200. The summed E-state index contributed by atoms with van der Waals surface area (Å²) in [4.78, 5) is 0.888. The quantitative estimate of drug-likeness (QED) is 0.665.